The Morgan fingerprint density at radius 1 is 1.05 bits per heavy atom. The van der Waals surface area contributed by atoms with E-state index in [2.05, 4.69) is 85.3 Å². The van der Waals surface area contributed by atoms with Gasteiger partial charge in [0.15, 0.2) is 0 Å². The van der Waals surface area contributed by atoms with Gasteiger partial charge in [0.1, 0.15) is 18.0 Å². The maximum Gasteiger partial charge on any atom is 0.407 e. The Hall–Kier alpha value is -2.99. The average Bonchev–Trinajstić information content (AvgIpc) is 2.88. The third kappa shape index (κ3) is 11.2. The van der Waals surface area contributed by atoms with Gasteiger partial charge in [0.05, 0.1) is 0 Å². The highest BCUT2D eigenvalue weighted by Gasteiger charge is 2.27. The topological polar surface area (TPSA) is 54.0 Å². The smallest absolute Gasteiger partial charge is 0.407 e. The van der Waals surface area contributed by atoms with Crippen LogP contribution in [0.1, 0.15) is 73.3 Å². The Kier molecular flexibility index (Phi) is 11.9. The van der Waals surface area contributed by atoms with E-state index in [4.69, 9.17) is 9.47 Å². The van der Waals surface area contributed by atoms with Crippen LogP contribution in [0.3, 0.4) is 0 Å². The second-order valence-electron chi connectivity index (χ2n) is 12.7. The van der Waals surface area contributed by atoms with Crippen LogP contribution in [0.15, 0.2) is 66.2 Å². The van der Waals surface area contributed by atoms with Crippen molar-refractivity contribution in [1.82, 2.24) is 10.2 Å². The third-order valence-electron chi connectivity index (χ3n) is 7.07. The van der Waals surface area contributed by atoms with Crippen molar-refractivity contribution in [2.45, 2.75) is 92.0 Å². The minimum atomic E-state index is -0.494. The van der Waals surface area contributed by atoms with E-state index in [1.54, 1.807) is 0 Å². The van der Waals surface area contributed by atoms with Crippen LogP contribution in [0.25, 0.3) is 0 Å². The Morgan fingerprint density at radius 3 is 2.27 bits per heavy atom. The number of likely N-dealkylation sites (tertiary alicyclic amines) is 1. The molecule has 2 aromatic carbocycles. The highest BCUT2D eigenvalue weighted by atomic mass is 16.6. The number of benzene rings is 2. The van der Waals surface area contributed by atoms with Crippen LogP contribution in [0.5, 0.6) is 5.75 Å². The minimum absolute atomic E-state index is 0.0802. The molecule has 2 aromatic rings. The first kappa shape index (κ1) is 31.5. The Balaban J connectivity index is 1.60. The number of piperidine rings is 1. The van der Waals surface area contributed by atoms with E-state index in [0.717, 1.165) is 51.2 Å². The van der Waals surface area contributed by atoms with Crippen LogP contribution < -0.4 is 15.0 Å². The fraction of sp³-hybridized carbons (Fsp3) is 0.559. The van der Waals surface area contributed by atoms with Crippen LogP contribution in [0.2, 0.25) is 0 Å². The number of allylic oxidation sites excluding steroid dienone is 1. The molecule has 220 valence electrons. The van der Waals surface area contributed by atoms with Gasteiger partial charge < -0.3 is 24.6 Å². The van der Waals surface area contributed by atoms with Crippen molar-refractivity contribution in [2.24, 2.45) is 5.92 Å². The lowest BCUT2D eigenvalue weighted by atomic mass is 9.99. The maximum absolute atomic E-state index is 12.5. The molecule has 1 saturated heterocycles. The number of hydrogen-bond acceptors (Lipinski definition) is 5. The number of amides is 1. The number of nitrogens with zero attached hydrogens (tertiary/aromatic N) is 2. The third-order valence-corrected chi connectivity index (χ3v) is 7.07. The van der Waals surface area contributed by atoms with Crippen LogP contribution in [0, 0.1) is 5.92 Å². The van der Waals surface area contributed by atoms with Gasteiger partial charge in [-0.05, 0) is 89.6 Å². The maximum atomic E-state index is 12.5. The predicted octanol–water partition coefficient (Wildman–Crippen LogP) is 7.44. The van der Waals surface area contributed by atoms with Crippen molar-refractivity contribution in [2.75, 3.05) is 31.1 Å². The van der Waals surface area contributed by atoms with Gasteiger partial charge in [0.25, 0.3) is 0 Å². The first-order chi connectivity index (χ1) is 19.0. The molecule has 1 N–H and O–H groups in total. The lowest BCUT2D eigenvalue weighted by molar-refractivity contribution is 0.0479. The quantitative estimate of drug-likeness (QED) is 0.279. The summed E-state index contributed by atoms with van der Waals surface area (Å²) in [7, 11) is 0. The number of hydrogen-bond donors (Lipinski definition) is 1. The summed E-state index contributed by atoms with van der Waals surface area (Å²) in [6.07, 6.45) is 5.10. The van der Waals surface area contributed by atoms with Crippen LogP contribution in [-0.2, 0) is 11.3 Å². The number of alkyl carbamates (subject to hydrolysis) is 1. The van der Waals surface area contributed by atoms with Crippen molar-refractivity contribution in [3.8, 4) is 5.75 Å². The molecule has 1 amide bonds. The lowest BCUT2D eigenvalue weighted by Crippen LogP contribution is -2.50. The molecule has 1 heterocycles. The molecule has 0 bridgehead atoms. The Bertz CT molecular complexity index is 1050. The molecule has 3 rings (SSSR count). The fourth-order valence-electron chi connectivity index (χ4n) is 5.17. The molecule has 1 aliphatic heterocycles. The normalized spacial score (nSPS) is 15.4. The van der Waals surface area contributed by atoms with E-state index >= 15 is 0 Å². The SMILES string of the molecule is CC(C)=CCN(c1ccc(OCc2ccccc2)cc1)C1CCN(C[C@H](CC(C)C)NC(=O)OC(C)(C)C)CC1. The zero-order valence-corrected chi connectivity index (χ0v) is 25.8. The summed E-state index contributed by atoms with van der Waals surface area (Å²) < 4.78 is 11.6. The summed E-state index contributed by atoms with van der Waals surface area (Å²) in [6, 6.07) is 19.4. The summed E-state index contributed by atoms with van der Waals surface area (Å²) in [5.41, 5.74) is 3.23. The van der Waals surface area contributed by atoms with Crippen molar-refractivity contribution >= 4 is 11.8 Å². The summed E-state index contributed by atoms with van der Waals surface area (Å²) in [5.74, 6) is 1.38. The van der Waals surface area contributed by atoms with Gasteiger partial charge >= 0.3 is 6.09 Å². The van der Waals surface area contributed by atoms with E-state index in [1.165, 1.54) is 16.8 Å². The second-order valence-corrected chi connectivity index (χ2v) is 12.7. The molecule has 0 spiro atoms. The number of nitrogens with one attached hydrogen (secondary N) is 1. The van der Waals surface area contributed by atoms with Crippen molar-refractivity contribution in [3.05, 3.63) is 71.8 Å². The zero-order valence-electron chi connectivity index (χ0n) is 25.8. The number of rotatable bonds is 12. The summed E-state index contributed by atoms with van der Waals surface area (Å²) in [4.78, 5) is 17.5. The Labute approximate surface area is 242 Å². The molecule has 0 saturated carbocycles. The zero-order chi connectivity index (χ0) is 29.1. The molecule has 1 atom stereocenters. The van der Waals surface area contributed by atoms with Crippen molar-refractivity contribution in [3.63, 3.8) is 0 Å². The van der Waals surface area contributed by atoms with Crippen molar-refractivity contribution in [1.29, 1.82) is 0 Å². The van der Waals surface area contributed by atoms with Crippen LogP contribution in [0.4, 0.5) is 10.5 Å². The van der Waals surface area contributed by atoms with Gasteiger partial charge in [-0.1, -0.05) is 55.8 Å². The molecular weight excluding hydrogens is 498 g/mol. The van der Waals surface area contributed by atoms with E-state index in [0.29, 0.717) is 18.6 Å². The fourth-order valence-corrected chi connectivity index (χ4v) is 5.17. The number of ether oxygens (including phenoxy) is 2. The molecule has 1 aliphatic rings. The molecule has 6 nitrogen and oxygen atoms in total. The van der Waals surface area contributed by atoms with Gasteiger partial charge in [-0.25, -0.2) is 4.79 Å². The van der Waals surface area contributed by atoms with Gasteiger partial charge in [0.2, 0.25) is 0 Å². The largest absolute Gasteiger partial charge is 0.489 e. The van der Waals surface area contributed by atoms with Gasteiger partial charge in [-0.2, -0.15) is 0 Å². The molecular formula is C34H51N3O3. The van der Waals surface area contributed by atoms with E-state index in [9.17, 15) is 4.79 Å². The number of carbonyl (C=O) groups excluding carboxylic acids is 1. The average molecular weight is 550 g/mol. The molecule has 0 aliphatic carbocycles. The number of carbonyl (C=O) groups is 1. The highest BCUT2D eigenvalue weighted by Crippen LogP contribution is 2.27. The first-order valence-electron chi connectivity index (χ1n) is 14.9. The van der Waals surface area contributed by atoms with Crippen LogP contribution in [-0.4, -0.2) is 54.9 Å². The summed E-state index contributed by atoms with van der Waals surface area (Å²) in [6.45, 7) is 18.8. The van der Waals surface area contributed by atoms with E-state index < -0.39 is 5.60 Å². The predicted molar refractivity (Wildman–Crippen MR) is 166 cm³/mol. The van der Waals surface area contributed by atoms with Crippen molar-refractivity contribution < 1.29 is 14.3 Å². The first-order valence-corrected chi connectivity index (χ1v) is 14.9. The summed E-state index contributed by atoms with van der Waals surface area (Å²) >= 11 is 0. The molecule has 1 fully saturated rings. The monoisotopic (exact) mass is 549 g/mol. The van der Waals surface area contributed by atoms with Crippen LogP contribution >= 0.6 is 0 Å². The second kappa shape index (κ2) is 15.1. The molecule has 0 radical (unpaired) electrons. The van der Waals surface area contributed by atoms with E-state index in [-0.39, 0.29) is 12.1 Å². The molecule has 0 aromatic heterocycles. The van der Waals surface area contributed by atoms with Gasteiger partial charge in [0, 0.05) is 44.0 Å². The van der Waals surface area contributed by atoms with Gasteiger partial charge in [-0.3, -0.25) is 0 Å². The summed E-state index contributed by atoms with van der Waals surface area (Å²) in [5, 5.41) is 3.14. The molecule has 6 heteroatoms. The lowest BCUT2D eigenvalue weighted by Gasteiger charge is -2.40. The van der Waals surface area contributed by atoms with Gasteiger partial charge in [-0.15, -0.1) is 0 Å². The minimum Gasteiger partial charge on any atom is -0.489 e. The number of anilines is 1. The molecule has 40 heavy (non-hydrogen) atoms. The molecule has 0 unspecified atom stereocenters. The standard InChI is InChI=1S/C34H51N3O3/c1-26(2)17-22-37(30-13-15-32(16-14-30)39-25-28-11-9-8-10-12-28)31-18-20-36(21-19-31)24-29(23-27(3)4)35-33(38)40-34(5,6)7/h8-17,27,29,31H,18-25H2,1-7H3,(H,35,38)/t29-/m0/s1. The highest BCUT2D eigenvalue weighted by molar-refractivity contribution is 5.68. The Morgan fingerprint density at radius 2 is 1.70 bits per heavy atom. The van der Waals surface area contributed by atoms with E-state index in [1.807, 2.05) is 39.0 Å².